The van der Waals surface area contributed by atoms with E-state index in [9.17, 15) is 9.18 Å². The van der Waals surface area contributed by atoms with Crippen molar-refractivity contribution >= 4 is 40.3 Å². The topological polar surface area (TPSA) is 44.7 Å². The molecular weight excluding hydrogens is 361 g/mol. The SMILES string of the molecule is Cc1cc(N2CCCC2)ccc1/C=C1\SC(=Nc2ccc(F)cc2)NC1=O. The molecule has 0 radical (unpaired) electrons. The minimum Gasteiger partial charge on any atom is -0.372 e. The van der Waals surface area contributed by atoms with Gasteiger partial charge in [-0.1, -0.05) is 6.07 Å². The number of anilines is 1. The summed E-state index contributed by atoms with van der Waals surface area (Å²) in [6, 6.07) is 12.2. The van der Waals surface area contributed by atoms with E-state index in [0.29, 0.717) is 15.8 Å². The van der Waals surface area contributed by atoms with Gasteiger partial charge in [-0.15, -0.1) is 0 Å². The number of thioether (sulfide) groups is 1. The fourth-order valence-electron chi connectivity index (χ4n) is 3.25. The maximum atomic E-state index is 13.0. The first kappa shape index (κ1) is 17.8. The summed E-state index contributed by atoms with van der Waals surface area (Å²) in [5.41, 5.74) is 4.02. The molecule has 0 aromatic heterocycles. The van der Waals surface area contributed by atoms with Gasteiger partial charge >= 0.3 is 0 Å². The summed E-state index contributed by atoms with van der Waals surface area (Å²) in [5, 5.41) is 3.27. The van der Waals surface area contributed by atoms with Crippen LogP contribution in [0.3, 0.4) is 0 Å². The largest absolute Gasteiger partial charge is 0.372 e. The second-order valence-corrected chi connectivity index (χ2v) is 7.72. The van der Waals surface area contributed by atoms with Gasteiger partial charge in [0.25, 0.3) is 5.91 Å². The highest BCUT2D eigenvalue weighted by molar-refractivity contribution is 8.18. The Labute approximate surface area is 162 Å². The first-order valence-electron chi connectivity index (χ1n) is 8.99. The van der Waals surface area contributed by atoms with Crippen molar-refractivity contribution < 1.29 is 9.18 Å². The number of aliphatic imine (C=N–C) groups is 1. The number of carbonyl (C=O) groups excluding carboxylic acids is 1. The van der Waals surface area contributed by atoms with Crippen LogP contribution in [-0.4, -0.2) is 24.2 Å². The Kier molecular flexibility index (Phi) is 4.99. The van der Waals surface area contributed by atoms with E-state index in [-0.39, 0.29) is 11.7 Å². The van der Waals surface area contributed by atoms with Crippen molar-refractivity contribution in [2.75, 3.05) is 18.0 Å². The lowest BCUT2D eigenvalue weighted by Gasteiger charge is -2.18. The number of carbonyl (C=O) groups is 1. The zero-order chi connectivity index (χ0) is 18.8. The second kappa shape index (κ2) is 7.56. The van der Waals surface area contributed by atoms with Crippen molar-refractivity contribution in [3.05, 3.63) is 64.3 Å². The molecule has 0 unspecified atom stereocenters. The number of benzene rings is 2. The Morgan fingerprint density at radius 2 is 1.89 bits per heavy atom. The summed E-state index contributed by atoms with van der Waals surface area (Å²) in [4.78, 5) is 19.6. The summed E-state index contributed by atoms with van der Waals surface area (Å²) >= 11 is 1.30. The van der Waals surface area contributed by atoms with E-state index in [1.165, 1.54) is 42.4 Å². The molecule has 138 valence electrons. The smallest absolute Gasteiger partial charge is 0.264 e. The van der Waals surface area contributed by atoms with Crippen LogP contribution in [0.25, 0.3) is 6.08 Å². The van der Waals surface area contributed by atoms with E-state index in [1.807, 2.05) is 6.08 Å². The molecule has 2 saturated heterocycles. The van der Waals surface area contributed by atoms with Gasteiger partial charge < -0.3 is 10.2 Å². The molecule has 2 aliphatic rings. The molecule has 0 aliphatic carbocycles. The van der Waals surface area contributed by atoms with Gasteiger partial charge in [0.05, 0.1) is 10.6 Å². The van der Waals surface area contributed by atoms with E-state index < -0.39 is 0 Å². The van der Waals surface area contributed by atoms with Gasteiger partial charge in [0.2, 0.25) is 0 Å². The van der Waals surface area contributed by atoms with Gasteiger partial charge in [-0.2, -0.15) is 0 Å². The number of rotatable bonds is 3. The highest BCUT2D eigenvalue weighted by atomic mass is 32.2. The minimum absolute atomic E-state index is 0.163. The fraction of sp³-hybridized carbons (Fsp3) is 0.238. The van der Waals surface area contributed by atoms with E-state index in [1.54, 1.807) is 12.1 Å². The Hall–Kier alpha value is -2.60. The third-order valence-electron chi connectivity index (χ3n) is 4.72. The van der Waals surface area contributed by atoms with Crippen molar-refractivity contribution in [3.8, 4) is 0 Å². The number of amides is 1. The molecule has 2 fully saturated rings. The lowest BCUT2D eigenvalue weighted by atomic mass is 10.1. The summed E-state index contributed by atoms with van der Waals surface area (Å²) in [5.74, 6) is -0.473. The number of aryl methyl sites for hydroxylation is 1. The van der Waals surface area contributed by atoms with Crippen LogP contribution in [0.2, 0.25) is 0 Å². The normalized spacial score (nSPS) is 19.9. The van der Waals surface area contributed by atoms with E-state index >= 15 is 0 Å². The van der Waals surface area contributed by atoms with Gasteiger partial charge in [0.1, 0.15) is 5.82 Å². The maximum absolute atomic E-state index is 13.0. The molecule has 0 atom stereocenters. The predicted octanol–water partition coefficient (Wildman–Crippen LogP) is 4.63. The molecule has 1 N–H and O–H groups in total. The molecule has 2 aliphatic heterocycles. The number of hydrogen-bond acceptors (Lipinski definition) is 4. The number of hydrogen-bond donors (Lipinski definition) is 1. The van der Waals surface area contributed by atoms with Crippen LogP contribution in [0.5, 0.6) is 0 Å². The molecule has 6 heteroatoms. The lowest BCUT2D eigenvalue weighted by Crippen LogP contribution is -2.19. The molecule has 0 bridgehead atoms. The summed E-state index contributed by atoms with van der Waals surface area (Å²) in [7, 11) is 0. The zero-order valence-corrected chi connectivity index (χ0v) is 15.9. The summed E-state index contributed by atoms with van der Waals surface area (Å²) in [6.07, 6.45) is 4.39. The Balaban J connectivity index is 1.53. The molecule has 1 amide bonds. The van der Waals surface area contributed by atoms with Crippen LogP contribution in [0.15, 0.2) is 52.4 Å². The third-order valence-corrected chi connectivity index (χ3v) is 5.63. The highest BCUT2D eigenvalue weighted by Crippen LogP contribution is 2.30. The van der Waals surface area contributed by atoms with Crippen molar-refractivity contribution in [1.82, 2.24) is 5.32 Å². The van der Waals surface area contributed by atoms with Gasteiger partial charge in [-0.25, -0.2) is 9.38 Å². The molecule has 4 rings (SSSR count). The third kappa shape index (κ3) is 4.06. The Morgan fingerprint density at radius 3 is 2.59 bits per heavy atom. The van der Waals surface area contributed by atoms with Gasteiger partial charge in [0.15, 0.2) is 5.17 Å². The summed E-state index contributed by atoms with van der Waals surface area (Å²) < 4.78 is 13.0. The standard InChI is InChI=1S/C21H20FN3OS/c1-14-12-18(25-10-2-3-11-25)9-4-15(14)13-19-20(26)24-21(27-19)23-17-7-5-16(22)6-8-17/h4-9,12-13H,2-3,10-11H2,1H3,(H,23,24,26)/b19-13-. The zero-order valence-electron chi connectivity index (χ0n) is 15.0. The van der Waals surface area contributed by atoms with Gasteiger partial charge in [0, 0.05) is 18.8 Å². The first-order chi connectivity index (χ1) is 13.1. The monoisotopic (exact) mass is 381 g/mol. The van der Waals surface area contributed by atoms with E-state index in [2.05, 4.69) is 40.3 Å². The highest BCUT2D eigenvalue weighted by Gasteiger charge is 2.24. The molecule has 2 heterocycles. The molecule has 0 saturated carbocycles. The van der Waals surface area contributed by atoms with Crippen molar-refractivity contribution in [2.24, 2.45) is 4.99 Å². The van der Waals surface area contributed by atoms with Crippen molar-refractivity contribution in [1.29, 1.82) is 0 Å². The number of amidine groups is 1. The van der Waals surface area contributed by atoms with Gasteiger partial charge in [-0.05, 0) is 85.1 Å². The second-order valence-electron chi connectivity index (χ2n) is 6.69. The molecule has 4 nitrogen and oxygen atoms in total. The predicted molar refractivity (Wildman–Crippen MR) is 110 cm³/mol. The molecule has 27 heavy (non-hydrogen) atoms. The van der Waals surface area contributed by atoms with Crippen LogP contribution in [0.4, 0.5) is 15.8 Å². The van der Waals surface area contributed by atoms with Crippen LogP contribution >= 0.6 is 11.8 Å². The van der Waals surface area contributed by atoms with E-state index in [0.717, 1.165) is 24.2 Å². The molecule has 2 aromatic rings. The minimum atomic E-state index is -0.310. The van der Waals surface area contributed by atoms with E-state index in [4.69, 9.17) is 0 Å². The Bertz CT molecular complexity index is 931. The van der Waals surface area contributed by atoms with Crippen LogP contribution in [0, 0.1) is 12.7 Å². The van der Waals surface area contributed by atoms with Crippen LogP contribution in [0.1, 0.15) is 24.0 Å². The summed E-state index contributed by atoms with van der Waals surface area (Å²) in [6.45, 7) is 4.29. The van der Waals surface area contributed by atoms with Crippen molar-refractivity contribution in [2.45, 2.75) is 19.8 Å². The lowest BCUT2D eigenvalue weighted by molar-refractivity contribution is -0.115. The molecule has 2 aromatic carbocycles. The fourth-order valence-corrected chi connectivity index (χ4v) is 4.08. The maximum Gasteiger partial charge on any atom is 0.264 e. The van der Waals surface area contributed by atoms with Gasteiger partial charge in [-0.3, -0.25) is 4.79 Å². The number of nitrogens with one attached hydrogen (secondary N) is 1. The van der Waals surface area contributed by atoms with Crippen LogP contribution in [-0.2, 0) is 4.79 Å². The number of halogens is 1. The average Bonchev–Trinajstić information content (AvgIpc) is 3.29. The molecule has 0 spiro atoms. The quantitative estimate of drug-likeness (QED) is 0.789. The molecular formula is C21H20FN3OS. The van der Waals surface area contributed by atoms with Crippen LogP contribution < -0.4 is 10.2 Å². The average molecular weight is 381 g/mol. The van der Waals surface area contributed by atoms with Crippen molar-refractivity contribution in [3.63, 3.8) is 0 Å². The first-order valence-corrected chi connectivity index (χ1v) is 9.81. The Morgan fingerprint density at radius 1 is 1.15 bits per heavy atom. The number of nitrogens with zero attached hydrogens (tertiary/aromatic N) is 2.